The molecular weight excluding hydrogens is 325 g/mol. The lowest BCUT2D eigenvalue weighted by molar-refractivity contribution is 0.0698. The molecule has 116 valence electrons. The summed E-state index contributed by atoms with van der Waals surface area (Å²) in [6, 6.07) is 2.56. The fourth-order valence-corrected chi connectivity index (χ4v) is 6.13. The summed E-state index contributed by atoms with van der Waals surface area (Å²) in [5, 5.41) is 7.77. The summed E-state index contributed by atoms with van der Waals surface area (Å²) >= 11 is 0. The molecule has 1 aliphatic heterocycles. The molecule has 10 heteroatoms. The van der Waals surface area contributed by atoms with Gasteiger partial charge >= 0.3 is 5.97 Å². The molecule has 21 heavy (non-hydrogen) atoms. The number of carbonyl (C=O) groups is 1. The second kappa shape index (κ2) is 5.26. The van der Waals surface area contributed by atoms with Crippen molar-refractivity contribution < 1.29 is 31.1 Å². The number of nitrogens with one attached hydrogen (secondary N) is 1. The van der Waals surface area contributed by atoms with Crippen molar-refractivity contribution in [3.8, 4) is 0 Å². The van der Waals surface area contributed by atoms with E-state index in [0.717, 1.165) is 18.2 Å². The number of carboxylic acids is 1. The van der Waals surface area contributed by atoms with Gasteiger partial charge in [0.2, 0.25) is 10.0 Å². The number of anilines is 1. The number of halogens is 1. The highest BCUT2D eigenvalue weighted by Gasteiger charge is 2.37. The van der Waals surface area contributed by atoms with E-state index in [-0.39, 0.29) is 12.2 Å². The molecular formula is C11H12FNO6S2. The van der Waals surface area contributed by atoms with Crippen molar-refractivity contribution in [3.05, 3.63) is 29.6 Å². The van der Waals surface area contributed by atoms with E-state index in [1.807, 2.05) is 4.72 Å². The topological polar surface area (TPSA) is 118 Å². The standard InChI is InChI=1S/C11H12FNO6S2/c12-7-1-2-9(11(14)15)10(5-7)13-21(18,19)8-3-4-20(16,17)6-8/h1-2,5,8,13H,3-4,6H2,(H,14,15). The summed E-state index contributed by atoms with van der Waals surface area (Å²) in [4.78, 5) is 11.0. The number of carboxylic acid groups (broad SMARTS) is 1. The van der Waals surface area contributed by atoms with Crippen LogP contribution in [0.3, 0.4) is 0 Å². The van der Waals surface area contributed by atoms with Gasteiger partial charge in [-0.15, -0.1) is 0 Å². The van der Waals surface area contributed by atoms with Gasteiger partial charge in [0.1, 0.15) is 5.82 Å². The monoisotopic (exact) mass is 337 g/mol. The number of benzene rings is 1. The largest absolute Gasteiger partial charge is 0.478 e. The molecule has 0 radical (unpaired) electrons. The van der Waals surface area contributed by atoms with Crippen molar-refractivity contribution >= 4 is 31.5 Å². The molecule has 1 unspecified atom stereocenters. The minimum Gasteiger partial charge on any atom is -0.478 e. The van der Waals surface area contributed by atoms with Crippen LogP contribution in [0.5, 0.6) is 0 Å². The lowest BCUT2D eigenvalue weighted by Crippen LogP contribution is -2.29. The number of hydrogen-bond acceptors (Lipinski definition) is 5. The van der Waals surface area contributed by atoms with Crippen LogP contribution in [0.4, 0.5) is 10.1 Å². The van der Waals surface area contributed by atoms with E-state index in [4.69, 9.17) is 5.11 Å². The van der Waals surface area contributed by atoms with Crippen molar-refractivity contribution in [2.24, 2.45) is 0 Å². The minimum absolute atomic E-state index is 0.0740. The molecule has 1 aromatic carbocycles. The van der Waals surface area contributed by atoms with Crippen LogP contribution in [0.1, 0.15) is 16.8 Å². The highest BCUT2D eigenvalue weighted by atomic mass is 32.2. The molecule has 1 fully saturated rings. The average molecular weight is 337 g/mol. The van der Waals surface area contributed by atoms with Gasteiger partial charge in [-0.3, -0.25) is 4.72 Å². The molecule has 0 spiro atoms. The number of sulfonamides is 1. The SMILES string of the molecule is O=C(O)c1ccc(F)cc1NS(=O)(=O)C1CCS(=O)(=O)C1. The van der Waals surface area contributed by atoms with E-state index in [2.05, 4.69) is 0 Å². The molecule has 1 saturated heterocycles. The molecule has 0 amide bonds. The molecule has 0 bridgehead atoms. The number of rotatable bonds is 4. The zero-order valence-corrected chi connectivity index (χ0v) is 12.2. The third-order valence-electron chi connectivity index (χ3n) is 3.09. The van der Waals surface area contributed by atoms with Crippen LogP contribution >= 0.6 is 0 Å². The smallest absolute Gasteiger partial charge is 0.337 e. The third-order valence-corrected chi connectivity index (χ3v) is 6.86. The first-order valence-corrected chi connectivity index (χ1v) is 9.22. The van der Waals surface area contributed by atoms with Gasteiger partial charge in [-0.2, -0.15) is 0 Å². The summed E-state index contributed by atoms with van der Waals surface area (Å²) in [5.41, 5.74) is -0.840. The summed E-state index contributed by atoms with van der Waals surface area (Å²) in [5.74, 6) is -3.00. The molecule has 2 rings (SSSR count). The lowest BCUT2D eigenvalue weighted by Gasteiger charge is -2.14. The second-order valence-electron chi connectivity index (χ2n) is 4.67. The molecule has 0 aliphatic carbocycles. The summed E-state index contributed by atoms with van der Waals surface area (Å²) in [6.45, 7) is 0. The van der Waals surface area contributed by atoms with Gasteiger partial charge in [-0.05, 0) is 24.6 Å². The molecule has 1 heterocycles. The first kappa shape index (κ1) is 15.7. The van der Waals surface area contributed by atoms with Gasteiger partial charge in [0.25, 0.3) is 0 Å². The Balaban J connectivity index is 2.33. The van der Waals surface area contributed by atoms with E-state index in [0.29, 0.717) is 0 Å². The predicted octanol–water partition coefficient (Wildman–Crippen LogP) is 0.453. The maximum absolute atomic E-state index is 13.2. The highest BCUT2D eigenvalue weighted by molar-refractivity contribution is 7.97. The van der Waals surface area contributed by atoms with Crippen molar-refractivity contribution in [3.63, 3.8) is 0 Å². The Bertz CT molecular complexity index is 787. The van der Waals surface area contributed by atoms with Gasteiger partial charge in [0.05, 0.1) is 28.0 Å². The van der Waals surface area contributed by atoms with Gasteiger partial charge in [-0.1, -0.05) is 0 Å². The third kappa shape index (κ3) is 3.50. The fourth-order valence-electron chi connectivity index (χ4n) is 2.03. The Morgan fingerprint density at radius 1 is 1.38 bits per heavy atom. The van der Waals surface area contributed by atoms with Crippen LogP contribution in [-0.2, 0) is 19.9 Å². The van der Waals surface area contributed by atoms with Crippen LogP contribution in [0.2, 0.25) is 0 Å². The Hall–Kier alpha value is -1.68. The number of aromatic carboxylic acids is 1. The zero-order valence-electron chi connectivity index (χ0n) is 10.6. The van der Waals surface area contributed by atoms with E-state index in [9.17, 15) is 26.0 Å². The van der Waals surface area contributed by atoms with Gasteiger partial charge < -0.3 is 5.11 Å². The summed E-state index contributed by atoms with van der Waals surface area (Å²) in [7, 11) is -7.53. The van der Waals surface area contributed by atoms with Gasteiger partial charge in [0, 0.05) is 0 Å². The molecule has 0 saturated carbocycles. The Kier molecular flexibility index (Phi) is 3.93. The Morgan fingerprint density at radius 3 is 2.57 bits per heavy atom. The second-order valence-corrected chi connectivity index (χ2v) is 8.86. The Morgan fingerprint density at radius 2 is 2.05 bits per heavy atom. The van der Waals surface area contributed by atoms with Crippen LogP contribution < -0.4 is 4.72 Å². The fraction of sp³-hybridized carbons (Fsp3) is 0.364. The highest BCUT2D eigenvalue weighted by Crippen LogP contribution is 2.24. The molecule has 7 nitrogen and oxygen atoms in total. The maximum atomic E-state index is 13.2. The zero-order chi connectivity index (χ0) is 15.8. The van der Waals surface area contributed by atoms with E-state index < -0.39 is 53.9 Å². The molecule has 1 aromatic rings. The van der Waals surface area contributed by atoms with E-state index >= 15 is 0 Å². The summed E-state index contributed by atoms with van der Waals surface area (Å²) < 4.78 is 62.0. The molecule has 1 aliphatic rings. The van der Waals surface area contributed by atoms with Crippen LogP contribution in [0, 0.1) is 5.82 Å². The van der Waals surface area contributed by atoms with Gasteiger partial charge in [0.15, 0.2) is 9.84 Å². The Labute approximate surface area is 120 Å². The minimum atomic E-state index is -4.12. The van der Waals surface area contributed by atoms with Crippen molar-refractivity contribution in [1.29, 1.82) is 0 Å². The maximum Gasteiger partial charge on any atom is 0.337 e. The van der Waals surface area contributed by atoms with E-state index in [1.54, 1.807) is 0 Å². The van der Waals surface area contributed by atoms with Crippen LogP contribution in [0.15, 0.2) is 18.2 Å². The average Bonchev–Trinajstić information content (AvgIpc) is 2.69. The first-order chi connectivity index (χ1) is 9.61. The van der Waals surface area contributed by atoms with Crippen molar-refractivity contribution in [1.82, 2.24) is 0 Å². The predicted molar refractivity (Wildman–Crippen MR) is 73.0 cm³/mol. The molecule has 0 aromatic heterocycles. The van der Waals surface area contributed by atoms with Crippen molar-refractivity contribution in [2.75, 3.05) is 16.2 Å². The van der Waals surface area contributed by atoms with Gasteiger partial charge in [-0.25, -0.2) is 26.0 Å². The summed E-state index contributed by atoms with van der Waals surface area (Å²) in [6.07, 6.45) is -0.0740. The van der Waals surface area contributed by atoms with Crippen LogP contribution in [0.25, 0.3) is 0 Å². The molecule has 2 N–H and O–H groups in total. The first-order valence-electron chi connectivity index (χ1n) is 5.86. The number of hydrogen-bond donors (Lipinski definition) is 2. The normalized spacial score (nSPS) is 21.1. The molecule has 1 atom stereocenters. The van der Waals surface area contributed by atoms with Crippen LogP contribution in [-0.4, -0.2) is 44.7 Å². The lowest BCUT2D eigenvalue weighted by atomic mass is 10.2. The number of sulfone groups is 1. The van der Waals surface area contributed by atoms with Crippen molar-refractivity contribution in [2.45, 2.75) is 11.7 Å². The quantitative estimate of drug-likeness (QED) is 0.824. The van der Waals surface area contributed by atoms with E-state index in [1.165, 1.54) is 0 Å².